The van der Waals surface area contributed by atoms with Gasteiger partial charge in [-0.15, -0.1) is 0 Å². The third-order valence-electron chi connectivity index (χ3n) is 3.65. The summed E-state index contributed by atoms with van der Waals surface area (Å²) in [7, 11) is 1.32. The summed E-state index contributed by atoms with van der Waals surface area (Å²) in [6.07, 6.45) is 2.98. The molecule has 0 spiro atoms. The number of ether oxygens (including phenoxy) is 1. The van der Waals surface area contributed by atoms with E-state index in [-0.39, 0.29) is 11.8 Å². The van der Waals surface area contributed by atoms with Crippen LogP contribution < -0.4 is 5.32 Å². The summed E-state index contributed by atoms with van der Waals surface area (Å²) in [4.78, 5) is 22.5. The minimum absolute atomic E-state index is 0.0340. The number of carbonyl (C=O) groups is 2. The van der Waals surface area contributed by atoms with Crippen molar-refractivity contribution in [1.82, 2.24) is 5.32 Å². The van der Waals surface area contributed by atoms with Gasteiger partial charge in [-0.25, -0.2) is 4.79 Å². The molecule has 2 unspecified atom stereocenters. The van der Waals surface area contributed by atoms with Crippen LogP contribution in [0.3, 0.4) is 0 Å². The maximum Gasteiger partial charge on any atom is 0.407 e. The lowest BCUT2D eigenvalue weighted by Gasteiger charge is -2.22. The van der Waals surface area contributed by atoms with E-state index in [1.165, 1.54) is 20.5 Å². The number of fused-ring (bicyclic) bond motifs is 1. The number of hydrogen-bond acceptors (Lipinski definition) is 3. The number of Topliss-reactive ketones (excluding diaryl/α,β-unsaturated/α-hetero) is 1. The molecule has 0 aliphatic heterocycles. The van der Waals surface area contributed by atoms with Crippen LogP contribution in [0, 0.1) is 17.8 Å². The van der Waals surface area contributed by atoms with Gasteiger partial charge >= 0.3 is 6.09 Å². The van der Waals surface area contributed by atoms with Crippen molar-refractivity contribution >= 4 is 11.9 Å². The van der Waals surface area contributed by atoms with E-state index in [4.69, 9.17) is 0 Å². The first-order chi connectivity index (χ1) is 7.11. The van der Waals surface area contributed by atoms with Crippen molar-refractivity contribution < 1.29 is 14.3 Å². The van der Waals surface area contributed by atoms with Gasteiger partial charge in [-0.2, -0.15) is 0 Å². The van der Waals surface area contributed by atoms with Crippen LogP contribution in [0.5, 0.6) is 0 Å². The van der Waals surface area contributed by atoms with Crippen LogP contribution >= 0.6 is 0 Å². The van der Waals surface area contributed by atoms with E-state index < -0.39 is 6.09 Å². The Morgan fingerprint density at radius 3 is 2.33 bits per heavy atom. The number of amides is 1. The smallest absolute Gasteiger partial charge is 0.407 e. The molecule has 0 radical (unpaired) electrons. The molecule has 0 heterocycles. The summed E-state index contributed by atoms with van der Waals surface area (Å²) in [5.74, 6) is 1.99. The predicted molar refractivity (Wildman–Crippen MR) is 54.3 cm³/mol. The van der Waals surface area contributed by atoms with Gasteiger partial charge in [0.2, 0.25) is 0 Å². The monoisotopic (exact) mass is 211 g/mol. The van der Waals surface area contributed by atoms with Crippen LogP contribution in [-0.4, -0.2) is 25.0 Å². The van der Waals surface area contributed by atoms with Crippen molar-refractivity contribution in [3.05, 3.63) is 0 Å². The van der Waals surface area contributed by atoms with Gasteiger partial charge in [0.05, 0.1) is 13.2 Å². The quantitative estimate of drug-likeness (QED) is 0.766. The molecule has 2 aliphatic rings. The van der Waals surface area contributed by atoms with E-state index in [2.05, 4.69) is 10.1 Å². The molecule has 0 bridgehead atoms. The number of rotatable bonds is 3. The second-order valence-electron chi connectivity index (χ2n) is 4.71. The Morgan fingerprint density at radius 2 is 1.87 bits per heavy atom. The minimum Gasteiger partial charge on any atom is -0.453 e. The standard InChI is InChI=1S/C11H17NO3/c1-6(13)10(12-11(14)15-2)9-4-7-3-8(7)5-9/h7-10H,3-5H2,1-2H3,(H,12,14)/t7-,8+,9?,10?. The molecule has 1 amide bonds. The second-order valence-corrected chi connectivity index (χ2v) is 4.71. The first-order valence-electron chi connectivity index (χ1n) is 5.46. The zero-order valence-electron chi connectivity index (χ0n) is 9.16. The summed E-state index contributed by atoms with van der Waals surface area (Å²) >= 11 is 0. The zero-order valence-corrected chi connectivity index (χ0v) is 9.16. The lowest BCUT2D eigenvalue weighted by molar-refractivity contribution is -0.120. The van der Waals surface area contributed by atoms with Gasteiger partial charge < -0.3 is 10.1 Å². The Labute approximate surface area is 89.4 Å². The fourth-order valence-corrected chi connectivity index (χ4v) is 2.77. The Balaban J connectivity index is 1.93. The molecular formula is C11H17NO3. The molecule has 0 saturated heterocycles. The van der Waals surface area contributed by atoms with Crippen LogP contribution in [-0.2, 0) is 9.53 Å². The van der Waals surface area contributed by atoms with Crippen molar-refractivity contribution in [3.8, 4) is 0 Å². The maximum atomic E-state index is 11.4. The number of alkyl carbamates (subject to hydrolysis) is 1. The molecule has 4 nitrogen and oxygen atoms in total. The van der Waals surface area contributed by atoms with Crippen molar-refractivity contribution in [2.75, 3.05) is 7.11 Å². The van der Waals surface area contributed by atoms with Crippen LogP contribution in [0.25, 0.3) is 0 Å². The molecule has 0 aromatic rings. The molecule has 84 valence electrons. The first-order valence-corrected chi connectivity index (χ1v) is 5.46. The Bertz CT molecular complexity index is 280. The first kappa shape index (κ1) is 10.5. The zero-order chi connectivity index (χ0) is 11.0. The molecular weight excluding hydrogens is 194 g/mol. The van der Waals surface area contributed by atoms with Gasteiger partial charge in [0, 0.05) is 0 Å². The molecule has 0 aromatic heterocycles. The lowest BCUT2D eigenvalue weighted by atomic mass is 9.92. The highest BCUT2D eigenvalue weighted by atomic mass is 16.5. The second kappa shape index (κ2) is 3.83. The van der Waals surface area contributed by atoms with E-state index in [1.54, 1.807) is 0 Å². The van der Waals surface area contributed by atoms with E-state index in [0.29, 0.717) is 5.92 Å². The van der Waals surface area contributed by atoms with Gasteiger partial charge in [-0.1, -0.05) is 0 Å². The molecule has 2 rings (SSSR count). The van der Waals surface area contributed by atoms with Crippen LogP contribution in [0.1, 0.15) is 26.2 Å². The molecule has 2 fully saturated rings. The highest BCUT2D eigenvalue weighted by Gasteiger charge is 2.49. The Kier molecular flexibility index (Phi) is 2.67. The normalized spacial score (nSPS) is 34.1. The third-order valence-corrected chi connectivity index (χ3v) is 3.65. The Hall–Kier alpha value is -1.06. The number of carbonyl (C=O) groups excluding carboxylic acids is 2. The number of ketones is 1. The van der Waals surface area contributed by atoms with E-state index in [0.717, 1.165) is 24.7 Å². The number of methoxy groups -OCH3 is 1. The SMILES string of the molecule is COC(=O)NC(C(C)=O)C1C[C@@H]2C[C@@H]2C1. The fourth-order valence-electron chi connectivity index (χ4n) is 2.77. The number of nitrogens with one attached hydrogen (secondary N) is 1. The average molecular weight is 211 g/mol. The van der Waals surface area contributed by atoms with Crippen LogP contribution in [0.2, 0.25) is 0 Å². The summed E-state index contributed by atoms with van der Waals surface area (Å²) in [6.45, 7) is 1.53. The summed E-state index contributed by atoms with van der Waals surface area (Å²) in [6, 6.07) is -0.342. The van der Waals surface area contributed by atoms with E-state index in [9.17, 15) is 9.59 Å². The fraction of sp³-hybridized carbons (Fsp3) is 0.818. The van der Waals surface area contributed by atoms with Crippen molar-refractivity contribution in [1.29, 1.82) is 0 Å². The highest BCUT2D eigenvalue weighted by Crippen LogP contribution is 2.55. The molecule has 2 saturated carbocycles. The van der Waals surface area contributed by atoms with Gasteiger partial charge in [0.25, 0.3) is 0 Å². The maximum absolute atomic E-state index is 11.4. The molecule has 4 atom stereocenters. The van der Waals surface area contributed by atoms with E-state index in [1.807, 2.05) is 0 Å². The lowest BCUT2D eigenvalue weighted by Crippen LogP contribution is -2.44. The topological polar surface area (TPSA) is 55.4 Å². The van der Waals surface area contributed by atoms with Crippen LogP contribution in [0.15, 0.2) is 0 Å². The Morgan fingerprint density at radius 1 is 1.27 bits per heavy atom. The summed E-state index contributed by atoms with van der Waals surface area (Å²) in [5, 5.41) is 2.64. The third kappa shape index (κ3) is 2.13. The van der Waals surface area contributed by atoms with E-state index >= 15 is 0 Å². The molecule has 2 aliphatic carbocycles. The predicted octanol–water partition coefficient (Wildman–Crippen LogP) is 1.35. The molecule has 4 heteroatoms. The van der Waals surface area contributed by atoms with Crippen LogP contribution in [0.4, 0.5) is 4.79 Å². The summed E-state index contributed by atoms with van der Waals surface area (Å²) in [5.41, 5.74) is 0. The molecule has 0 aromatic carbocycles. The van der Waals surface area contributed by atoms with Gasteiger partial charge in [0.15, 0.2) is 5.78 Å². The molecule has 1 N–H and O–H groups in total. The average Bonchev–Trinajstić information content (AvgIpc) is 2.81. The summed E-state index contributed by atoms with van der Waals surface area (Å²) < 4.78 is 4.53. The largest absolute Gasteiger partial charge is 0.453 e. The van der Waals surface area contributed by atoms with Gasteiger partial charge in [0.1, 0.15) is 0 Å². The number of hydrogen-bond donors (Lipinski definition) is 1. The van der Waals surface area contributed by atoms with Gasteiger partial charge in [-0.05, 0) is 43.9 Å². The van der Waals surface area contributed by atoms with Gasteiger partial charge in [-0.3, -0.25) is 4.79 Å². The van der Waals surface area contributed by atoms with Crippen molar-refractivity contribution in [3.63, 3.8) is 0 Å². The minimum atomic E-state index is -0.504. The van der Waals surface area contributed by atoms with Crippen molar-refractivity contribution in [2.45, 2.75) is 32.2 Å². The highest BCUT2D eigenvalue weighted by molar-refractivity contribution is 5.85. The van der Waals surface area contributed by atoms with Crippen molar-refractivity contribution in [2.24, 2.45) is 17.8 Å². The molecule has 15 heavy (non-hydrogen) atoms.